The van der Waals surface area contributed by atoms with Gasteiger partial charge in [-0.2, -0.15) is 0 Å². The van der Waals surface area contributed by atoms with Crippen LogP contribution in [0.15, 0.2) is 29.2 Å². The maximum atomic E-state index is 12.6. The zero-order chi connectivity index (χ0) is 17.5. The first-order valence-electron chi connectivity index (χ1n) is 7.19. The van der Waals surface area contributed by atoms with Crippen LogP contribution in [0, 0.1) is 6.92 Å². The summed E-state index contributed by atoms with van der Waals surface area (Å²) < 4.78 is 1.41. The van der Waals surface area contributed by atoms with E-state index in [-0.39, 0.29) is 5.56 Å². The summed E-state index contributed by atoms with van der Waals surface area (Å²) in [5.41, 5.74) is 5.52. The maximum Gasteiger partial charge on any atom is 0.270 e. The minimum atomic E-state index is -0.815. The molecule has 0 unspecified atom stereocenters. The van der Waals surface area contributed by atoms with Gasteiger partial charge in [0.15, 0.2) is 0 Å². The third kappa shape index (κ3) is 2.73. The van der Waals surface area contributed by atoms with E-state index in [1.54, 1.807) is 39.0 Å². The molecular formula is C15H16N6O2S. The lowest BCUT2D eigenvalue weighted by atomic mass is 10.1. The lowest BCUT2D eigenvalue weighted by molar-refractivity contribution is 0.0909. The van der Waals surface area contributed by atoms with E-state index < -0.39 is 17.0 Å². The number of nitrogen functional groups attached to an aromatic ring is 1. The van der Waals surface area contributed by atoms with Gasteiger partial charge >= 0.3 is 0 Å². The molecule has 0 aliphatic heterocycles. The first-order chi connectivity index (χ1) is 11.3. The number of hydrogen-bond acceptors (Lipinski definition) is 7. The highest BCUT2D eigenvalue weighted by molar-refractivity contribution is 7.15. The molecule has 8 nitrogen and oxygen atoms in total. The molecule has 3 aromatic heterocycles. The van der Waals surface area contributed by atoms with Crippen molar-refractivity contribution in [2.45, 2.75) is 26.3 Å². The standard InChI is InChI=1S/C15H16N6O2S/c1-8-5-4-6-10-17-7-9(12(23)21(8)10)11(22)18-15(2,3)13-19-20-14(16)24-13/h4-7H,1-3H3,(H2,16,20)(H,18,22). The number of nitrogens with zero attached hydrogens (tertiary/aromatic N) is 4. The van der Waals surface area contributed by atoms with E-state index in [0.717, 1.165) is 0 Å². The first kappa shape index (κ1) is 16.1. The molecule has 0 fully saturated rings. The Kier molecular flexibility index (Phi) is 3.80. The van der Waals surface area contributed by atoms with Gasteiger partial charge in [-0.05, 0) is 32.9 Å². The Morgan fingerprint density at radius 2 is 2.08 bits per heavy atom. The number of carbonyl (C=O) groups is 1. The number of carbonyl (C=O) groups excluding carboxylic acids is 1. The maximum absolute atomic E-state index is 12.6. The average molecular weight is 344 g/mol. The van der Waals surface area contributed by atoms with Gasteiger partial charge in [0.2, 0.25) is 5.13 Å². The fraction of sp³-hybridized carbons (Fsp3) is 0.267. The van der Waals surface area contributed by atoms with Gasteiger partial charge < -0.3 is 11.1 Å². The van der Waals surface area contributed by atoms with E-state index in [2.05, 4.69) is 20.5 Å². The normalized spacial score (nSPS) is 11.6. The van der Waals surface area contributed by atoms with Crippen molar-refractivity contribution >= 4 is 28.0 Å². The van der Waals surface area contributed by atoms with Gasteiger partial charge in [-0.1, -0.05) is 17.4 Å². The van der Waals surface area contributed by atoms with Crippen molar-refractivity contribution in [2.75, 3.05) is 5.73 Å². The SMILES string of the molecule is Cc1cccc2ncc(C(=O)NC(C)(C)c3nnc(N)s3)c(=O)n12. The van der Waals surface area contributed by atoms with Crippen LogP contribution >= 0.6 is 11.3 Å². The molecule has 0 aliphatic carbocycles. The number of amides is 1. The minimum absolute atomic E-state index is 0.0348. The second-order valence-electron chi connectivity index (χ2n) is 5.86. The largest absolute Gasteiger partial charge is 0.374 e. The third-order valence-electron chi connectivity index (χ3n) is 3.57. The monoisotopic (exact) mass is 344 g/mol. The van der Waals surface area contributed by atoms with Crippen LogP contribution in [0.25, 0.3) is 5.65 Å². The van der Waals surface area contributed by atoms with Gasteiger partial charge in [-0.15, -0.1) is 10.2 Å². The number of nitrogens with two attached hydrogens (primary N) is 1. The molecule has 0 saturated heterocycles. The summed E-state index contributed by atoms with van der Waals surface area (Å²) in [5, 5.41) is 11.4. The highest BCUT2D eigenvalue weighted by Gasteiger charge is 2.29. The van der Waals surface area contributed by atoms with Gasteiger partial charge in [0, 0.05) is 11.9 Å². The number of hydrogen-bond donors (Lipinski definition) is 2. The van der Waals surface area contributed by atoms with Crippen LogP contribution in [0.1, 0.15) is 34.9 Å². The summed E-state index contributed by atoms with van der Waals surface area (Å²) in [6.45, 7) is 5.32. The highest BCUT2D eigenvalue weighted by atomic mass is 32.1. The van der Waals surface area contributed by atoms with Crippen molar-refractivity contribution in [2.24, 2.45) is 0 Å². The molecule has 3 rings (SSSR count). The molecular weight excluding hydrogens is 328 g/mol. The van der Waals surface area contributed by atoms with E-state index >= 15 is 0 Å². The van der Waals surface area contributed by atoms with Gasteiger partial charge in [0.05, 0.1) is 5.54 Å². The second-order valence-corrected chi connectivity index (χ2v) is 6.87. The summed E-state index contributed by atoms with van der Waals surface area (Å²) in [4.78, 5) is 29.4. The number of rotatable bonds is 3. The molecule has 124 valence electrons. The lowest BCUT2D eigenvalue weighted by Crippen LogP contribution is -2.43. The van der Waals surface area contributed by atoms with Crippen LogP contribution in [0.4, 0.5) is 5.13 Å². The predicted octanol–water partition coefficient (Wildman–Crippen LogP) is 1.10. The molecule has 0 aromatic carbocycles. The van der Waals surface area contributed by atoms with Gasteiger partial charge in [0.1, 0.15) is 16.2 Å². The molecule has 1 amide bonds. The predicted molar refractivity (Wildman–Crippen MR) is 91.0 cm³/mol. The van der Waals surface area contributed by atoms with Gasteiger partial charge in [-0.25, -0.2) is 4.98 Å². The number of aryl methyl sites for hydroxylation is 1. The van der Waals surface area contributed by atoms with Crippen molar-refractivity contribution in [1.29, 1.82) is 0 Å². The first-order valence-corrected chi connectivity index (χ1v) is 8.00. The molecule has 24 heavy (non-hydrogen) atoms. The summed E-state index contributed by atoms with van der Waals surface area (Å²) in [6.07, 6.45) is 1.29. The van der Waals surface area contributed by atoms with E-state index in [1.165, 1.54) is 21.9 Å². The highest BCUT2D eigenvalue weighted by Crippen LogP contribution is 2.24. The van der Waals surface area contributed by atoms with Crippen LogP contribution in [0.2, 0.25) is 0 Å². The number of aromatic nitrogens is 4. The molecule has 0 spiro atoms. The number of fused-ring (bicyclic) bond motifs is 1. The zero-order valence-corrected chi connectivity index (χ0v) is 14.2. The minimum Gasteiger partial charge on any atom is -0.374 e. The van der Waals surface area contributed by atoms with Crippen LogP contribution in [0.3, 0.4) is 0 Å². The zero-order valence-electron chi connectivity index (χ0n) is 13.4. The fourth-order valence-electron chi connectivity index (χ4n) is 2.32. The van der Waals surface area contributed by atoms with E-state index in [0.29, 0.717) is 21.5 Å². The molecule has 0 saturated carbocycles. The molecule has 0 radical (unpaired) electrons. The van der Waals surface area contributed by atoms with Crippen molar-refractivity contribution < 1.29 is 4.79 Å². The van der Waals surface area contributed by atoms with Gasteiger partial charge in [-0.3, -0.25) is 14.0 Å². The van der Waals surface area contributed by atoms with Gasteiger partial charge in [0.25, 0.3) is 11.5 Å². The quantitative estimate of drug-likeness (QED) is 0.735. The topological polar surface area (TPSA) is 115 Å². The molecule has 9 heteroatoms. The Hall–Kier alpha value is -2.81. The smallest absolute Gasteiger partial charge is 0.270 e. The van der Waals surface area contributed by atoms with Crippen LogP contribution in [0.5, 0.6) is 0 Å². The Balaban J connectivity index is 1.99. The lowest BCUT2D eigenvalue weighted by Gasteiger charge is -2.23. The number of pyridine rings is 1. The molecule has 3 aromatic rings. The molecule has 0 bridgehead atoms. The van der Waals surface area contributed by atoms with E-state index in [4.69, 9.17) is 5.73 Å². The van der Waals surface area contributed by atoms with Crippen LogP contribution < -0.4 is 16.6 Å². The average Bonchev–Trinajstić information content (AvgIpc) is 2.94. The third-order valence-corrected chi connectivity index (χ3v) is 4.65. The molecule has 0 aliphatic rings. The van der Waals surface area contributed by atoms with Crippen molar-refractivity contribution in [3.8, 4) is 0 Å². The molecule has 3 N–H and O–H groups in total. The molecule has 0 atom stereocenters. The fourth-order valence-corrected chi connectivity index (χ4v) is 2.99. The van der Waals surface area contributed by atoms with Crippen molar-refractivity contribution in [3.63, 3.8) is 0 Å². The van der Waals surface area contributed by atoms with E-state index in [1.807, 2.05) is 0 Å². The summed E-state index contributed by atoms with van der Waals surface area (Å²) in [5.74, 6) is -0.524. The second kappa shape index (κ2) is 5.68. The molecule has 3 heterocycles. The Labute approximate surface area is 141 Å². The Morgan fingerprint density at radius 1 is 1.33 bits per heavy atom. The summed E-state index contributed by atoms with van der Waals surface area (Å²) in [7, 11) is 0. The Morgan fingerprint density at radius 3 is 2.75 bits per heavy atom. The number of anilines is 1. The Bertz CT molecular complexity index is 991. The van der Waals surface area contributed by atoms with E-state index in [9.17, 15) is 9.59 Å². The summed E-state index contributed by atoms with van der Waals surface area (Å²) in [6, 6.07) is 5.30. The van der Waals surface area contributed by atoms with Crippen LogP contribution in [-0.4, -0.2) is 25.5 Å². The van der Waals surface area contributed by atoms with Crippen molar-refractivity contribution in [1.82, 2.24) is 24.9 Å². The number of nitrogens with one attached hydrogen (secondary N) is 1. The summed E-state index contributed by atoms with van der Waals surface area (Å²) >= 11 is 1.18. The van der Waals surface area contributed by atoms with Crippen LogP contribution in [-0.2, 0) is 5.54 Å². The van der Waals surface area contributed by atoms with Crippen molar-refractivity contribution in [3.05, 3.63) is 51.0 Å².